The number of aryl methyl sites for hydroxylation is 1. The molecule has 0 spiro atoms. The van der Waals surface area contributed by atoms with Gasteiger partial charge in [0.2, 0.25) is 0 Å². The highest BCUT2D eigenvalue weighted by atomic mass is 79.9. The third-order valence-corrected chi connectivity index (χ3v) is 5.05. The molecule has 0 amide bonds. The summed E-state index contributed by atoms with van der Waals surface area (Å²) in [4.78, 5) is 1.36. The standard InChI is InChI=1S/C13H10BrClFNS/c14-9-5-7(1-2-10(9)16)17-11-3-4-12-8(11)6-13(15)18-12/h1-2,5-6,11,17H,3-4H2. The number of fused-ring (bicyclic) bond motifs is 1. The molecule has 94 valence electrons. The molecule has 1 aromatic carbocycles. The van der Waals surface area contributed by atoms with E-state index in [-0.39, 0.29) is 11.9 Å². The van der Waals surface area contributed by atoms with E-state index < -0.39 is 0 Å². The maximum absolute atomic E-state index is 13.2. The van der Waals surface area contributed by atoms with Crippen LogP contribution in [0, 0.1) is 5.82 Å². The minimum Gasteiger partial charge on any atom is -0.378 e. The normalized spacial score (nSPS) is 17.8. The average molecular weight is 347 g/mol. The monoisotopic (exact) mass is 345 g/mol. The third kappa shape index (κ3) is 2.29. The molecular formula is C13H10BrClFNS. The molecule has 18 heavy (non-hydrogen) atoms. The van der Waals surface area contributed by atoms with Gasteiger partial charge in [0.1, 0.15) is 5.82 Å². The van der Waals surface area contributed by atoms with Crippen molar-refractivity contribution in [2.45, 2.75) is 18.9 Å². The van der Waals surface area contributed by atoms with Crippen LogP contribution in [-0.4, -0.2) is 0 Å². The van der Waals surface area contributed by atoms with Crippen molar-refractivity contribution >= 4 is 44.6 Å². The Balaban J connectivity index is 1.83. The van der Waals surface area contributed by atoms with Crippen molar-refractivity contribution in [2.75, 3.05) is 5.32 Å². The molecule has 1 aromatic heterocycles. The fraction of sp³-hybridized carbons (Fsp3) is 0.231. The van der Waals surface area contributed by atoms with Gasteiger partial charge in [-0.2, -0.15) is 0 Å². The molecule has 3 rings (SSSR count). The smallest absolute Gasteiger partial charge is 0.137 e. The quantitative estimate of drug-likeness (QED) is 0.767. The first-order valence-electron chi connectivity index (χ1n) is 5.63. The van der Waals surface area contributed by atoms with E-state index in [9.17, 15) is 4.39 Å². The minimum atomic E-state index is -0.244. The summed E-state index contributed by atoms with van der Waals surface area (Å²) < 4.78 is 14.5. The number of rotatable bonds is 2. The van der Waals surface area contributed by atoms with Crippen LogP contribution in [0.5, 0.6) is 0 Å². The van der Waals surface area contributed by atoms with Crippen LogP contribution in [0.25, 0.3) is 0 Å². The van der Waals surface area contributed by atoms with Crippen molar-refractivity contribution < 1.29 is 4.39 Å². The third-order valence-electron chi connectivity index (χ3n) is 3.11. The molecule has 0 fully saturated rings. The Morgan fingerprint density at radius 3 is 3.00 bits per heavy atom. The van der Waals surface area contributed by atoms with Gasteiger partial charge in [0.15, 0.2) is 0 Å². The van der Waals surface area contributed by atoms with Crippen molar-refractivity contribution in [3.63, 3.8) is 0 Å². The first-order valence-corrected chi connectivity index (χ1v) is 7.62. The lowest BCUT2D eigenvalue weighted by atomic mass is 10.1. The van der Waals surface area contributed by atoms with E-state index in [0.717, 1.165) is 22.9 Å². The van der Waals surface area contributed by atoms with Gasteiger partial charge >= 0.3 is 0 Å². The van der Waals surface area contributed by atoms with Gasteiger partial charge in [-0.3, -0.25) is 0 Å². The zero-order valence-corrected chi connectivity index (χ0v) is 12.5. The molecule has 1 nitrogen and oxygen atoms in total. The van der Waals surface area contributed by atoms with Gasteiger partial charge in [-0.15, -0.1) is 11.3 Å². The van der Waals surface area contributed by atoms with E-state index in [1.807, 2.05) is 6.07 Å². The summed E-state index contributed by atoms with van der Waals surface area (Å²) in [5.41, 5.74) is 2.20. The van der Waals surface area contributed by atoms with Crippen LogP contribution in [-0.2, 0) is 6.42 Å². The molecule has 1 aliphatic carbocycles. The second-order valence-corrected chi connectivity index (χ2v) is 6.92. The zero-order chi connectivity index (χ0) is 12.7. The molecule has 0 aliphatic heterocycles. The van der Waals surface area contributed by atoms with Crippen molar-refractivity contribution in [3.05, 3.63) is 49.3 Å². The highest BCUT2D eigenvalue weighted by molar-refractivity contribution is 9.10. The van der Waals surface area contributed by atoms with Crippen molar-refractivity contribution in [1.29, 1.82) is 0 Å². The van der Waals surface area contributed by atoms with Crippen molar-refractivity contribution in [1.82, 2.24) is 0 Å². The highest BCUT2D eigenvalue weighted by Gasteiger charge is 2.24. The predicted molar refractivity (Wildman–Crippen MR) is 78.1 cm³/mol. The molecule has 0 saturated heterocycles. The summed E-state index contributed by atoms with van der Waals surface area (Å²) in [6, 6.07) is 7.29. The summed E-state index contributed by atoms with van der Waals surface area (Å²) >= 11 is 10.9. The van der Waals surface area contributed by atoms with Gasteiger partial charge in [-0.1, -0.05) is 11.6 Å². The number of anilines is 1. The summed E-state index contributed by atoms with van der Waals surface area (Å²) in [7, 11) is 0. The van der Waals surface area contributed by atoms with E-state index in [4.69, 9.17) is 11.6 Å². The van der Waals surface area contributed by atoms with E-state index in [2.05, 4.69) is 21.2 Å². The lowest BCUT2D eigenvalue weighted by molar-refractivity contribution is 0.621. The van der Waals surface area contributed by atoms with Gasteiger partial charge in [0.05, 0.1) is 14.9 Å². The average Bonchev–Trinajstić information content (AvgIpc) is 2.85. The number of hydrogen-bond donors (Lipinski definition) is 1. The number of benzene rings is 1. The Bertz CT molecular complexity index is 599. The van der Waals surface area contributed by atoms with Crippen molar-refractivity contribution in [2.24, 2.45) is 0 Å². The van der Waals surface area contributed by atoms with Crippen LogP contribution >= 0.6 is 38.9 Å². The van der Waals surface area contributed by atoms with Crippen molar-refractivity contribution in [3.8, 4) is 0 Å². The Morgan fingerprint density at radius 1 is 1.39 bits per heavy atom. The van der Waals surface area contributed by atoms with Gasteiger partial charge in [0, 0.05) is 10.6 Å². The minimum absolute atomic E-state index is 0.244. The summed E-state index contributed by atoms with van der Waals surface area (Å²) in [5.74, 6) is -0.244. The van der Waals surface area contributed by atoms with E-state index in [1.54, 1.807) is 23.5 Å². The Labute approximate surface area is 122 Å². The largest absolute Gasteiger partial charge is 0.378 e. The molecular weight excluding hydrogens is 337 g/mol. The number of nitrogens with one attached hydrogen (secondary N) is 1. The fourth-order valence-corrected chi connectivity index (χ4v) is 4.00. The second kappa shape index (κ2) is 4.83. The van der Waals surface area contributed by atoms with Gasteiger partial charge in [0.25, 0.3) is 0 Å². The van der Waals surface area contributed by atoms with Gasteiger partial charge < -0.3 is 5.32 Å². The summed E-state index contributed by atoms with van der Waals surface area (Å²) in [6.07, 6.45) is 2.13. The first-order chi connectivity index (χ1) is 8.63. The van der Waals surface area contributed by atoms with Crippen LogP contribution in [0.2, 0.25) is 4.34 Å². The summed E-state index contributed by atoms with van der Waals surface area (Å²) in [6.45, 7) is 0. The molecule has 0 bridgehead atoms. The molecule has 5 heteroatoms. The second-order valence-electron chi connectivity index (χ2n) is 4.29. The van der Waals surface area contributed by atoms with Gasteiger partial charge in [-0.05, 0) is 58.6 Å². The molecule has 1 aliphatic rings. The SMILES string of the molecule is Fc1ccc(NC2CCc3sc(Cl)cc32)cc1Br. The van der Waals surface area contributed by atoms with E-state index in [0.29, 0.717) is 4.47 Å². The maximum Gasteiger partial charge on any atom is 0.137 e. The molecule has 1 N–H and O–H groups in total. The number of hydrogen-bond acceptors (Lipinski definition) is 2. The molecule has 0 saturated carbocycles. The molecule has 1 heterocycles. The first kappa shape index (κ1) is 12.5. The Kier molecular flexibility index (Phi) is 3.34. The van der Waals surface area contributed by atoms with Crippen LogP contribution in [0.1, 0.15) is 22.9 Å². The van der Waals surface area contributed by atoms with E-state index >= 15 is 0 Å². The molecule has 0 radical (unpaired) electrons. The number of halogens is 3. The summed E-state index contributed by atoms with van der Waals surface area (Å²) in [5, 5.41) is 3.43. The fourth-order valence-electron chi connectivity index (χ4n) is 2.27. The number of thiophene rings is 1. The Hall–Kier alpha value is -0.580. The van der Waals surface area contributed by atoms with E-state index in [1.165, 1.54) is 16.5 Å². The van der Waals surface area contributed by atoms with Crippen LogP contribution in [0.4, 0.5) is 10.1 Å². The Morgan fingerprint density at radius 2 is 2.22 bits per heavy atom. The molecule has 2 aromatic rings. The topological polar surface area (TPSA) is 12.0 Å². The predicted octanol–water partition coefficient (Wildman–Crippen LogP) is 5.40. The van der Waals surface area contributed by atoms with Gasteiger partial charge in [-0.25, -0.2) is 4.39 Å². The highest BCUT2D eigenvalue weighted by Crippen LogP contribution is 2.41. The van der Waals surface area contributed by atoms with Crippen LogP contribution in [0.15, 0.2) is 28.7 Å². The zero-order valence-electron chi connectivity index (χ0n) is 9.34. The lowest BCUT2D eigenvalue weighted by Crippen LogP contribution is -2.06. The molecule has 1 atom stereocenters. The lowest BCUT2D eigenvalue weighted by Gasteiger charge is -2.14. The van der Waals surface area contributed by atoms with Crippen LogP contribution < -0.4 is 5.32 Å². The van der Waals surface area contributed by atoms with Crippen LogP contribution in [0.3, 0.4) is 0 Å². The molecule has 1 unspecified atom stereocenters. The maximum atomic E-state index is 13.2.